The highest BCUT2D eigenvalue weighted by Gasteiger charge is 2.22. The first-order valence-electron chi connectivity index (χ1n) is 34.5. The van der Waals surface area contributed by atoms with E-state index in [1.807, 2.05) is 21.1 Å². The van der Waals surface area contributed by atoms with Gasteiger partial charge in [0.15, 0.2) is 6.10 Å². The number of hydrogen-bond donors (Lipinski definition) is 0. The van der Waals surface area contributed by atoms with Crippen molar-refractivity contribution in [2.24, 2.45) is 0 Å². The van der Waals surface area contributed by atoms with E-state index in [9.17, 15) is 19.0 Å². The van der Waals surface area contributed by atoms with Crippen LogP contribution in [-0.2, 0) is 32.7 Å². The summed E-state index contributed by atoms with van der Waals surface area (Å²) < 4.78 is 34.3. The number of phosphoric acid groups is 1. The molecular weight excluding hydrogens is 1110 g/mol. The summed E-state index contributed by atoms with van der Waals surface area (Å²) in [5.74, 6) is -0.861. The molecule has 0 amide bonds. The summed E-state index contributed by atoms with van der Waals surface area (Å²) in [4.78, 5) is 38.1. The second-order valence-electron chi connectivity index (χ2n) is 23.4. The number of nitrogens with zero attached hydrogens (tertiary/aromatic N) is 1. The van der Waals surface area contributed by atoms with Crippen LogP contribution in [0.5, 0.6) is 0 Å². The maximum Gasteiger partial charge on any atom is 0.306 e. The zero-order chi connectivity index (χ0) is 64.1. The van der Waals surface area contributed by atoms with Crippen LogP contribution in [0, 0.1) is 0 Å². The van der Waals surface area contributed by atoms with Gasteiger partial charge in [0, 0.05) is 12.8 Å². The number of carbonyl (C=O) groups excluding carboxylic acids is 2. The third-order valence-electron chi connectivity index (χ3n) is 13.9. The molecule has 9 nitrogen and oxygen atoms in total. The van der Waals surface area contributed by atoms with Gasteiger partial charge in [0.1, 0.15) is 19.8 Å². The highest BCUT2D eigenvalue weighted by molar-refractivity contribution is 7.45. The van der Waals surface area contributed by atoms with Crippen molar-refractivity contribution in [1.82, 2.24) is 0 Å². The van der Waals surface area contributed by atoms with Crippen LogP contribution in [0.1, 0.15) is 245 Å². The summed E-state index contributed by atoms with van der Waals surface area (Å²) in [5.41, 5.74) is 0. The molecule has 0 saturated carbocycles. The fourth-order valence-electron chi connectivity index (χ4n) is 8.71. The zero-order valence-electron chi connectivity index (χ0n) is 56.3. The fourth-order valence-corrected chi connectivity index (χ4v) is 9.44. The van der Waals surface area contributed by atoms with Crippen LogP contribution in [-0.4, -0.2) is 70.0 Å². The van der Waals surface area contributed by atoms with E-state index in [-0.39, 0.29) is 26.1 Å². The molecule has 10 heteroatoms. The van der Waals surface area contributed by atoms with Gasteiger partial charge in [-0.1, -0.05) is 280 Å². The van der Waals surface area contributed by atoms with Crippen LogP contribution in [0.4, 0.5) is 0 Å². The van der Waals surface area contributed by atoms with Crippen molar-refractivity contribution in [2.75, 3.05) is 47.5 Å². The van der Waals surface area contributed by atoms with Gasteiger partial charge in [-0.3, -0.25) is 14.2 Å². The van der Waals surface area contributed by atoms with Gasteiger partial charge in [0.2, 0.25) is 0 Å². The average Bonchev–Trinajstić information content (AvgIpc) is 3.68. The Morgan fingerprint density at radius 1 is 0.352 bits per heavy atom. The van der Waals surface area contributed by atoms with Gasteiger partial charge >= 0.3 is 11.9 Å². The minimum absolute atomic E-state index is 0.0434. The van der Waals surface area contributed by atoms with Crippen molar-refractivity contribution in [1.29, 1.82) is 0 Å². The molecule has 0 spiro atoms. The summed E-state index contributed by atoms with van der Waals surface area (Å²) in [6.07, 6.45) is 102. The van der Waals surface area contributed by atoms with Crippen LogP contribution < -0.4 is 4.89 Å². The highest BCUT2D eigenvalue weighted by Crippen LogP contribution is 2.38. The minimum atomic E-state index is -4.66. The van der Waals surface area contributed by atoms with Gasteiger partial charge in [-0.2, -0.15) is 0 Å². The topological polar surface area (TPSA) is 111 Å². The lowest BCUT2D eigenvalue weighted by molar-refractivity contribution is -0.870. The summed E-state index contributed by atoms with van der Waals surface area (Å²) >= 11 is 0. The Labute approximate surface area is 540 Å². The molecule has 0 bridgehead atoms. The molecule has 0 aromatic rings. The van der Waals surface area contributed by atoms with Crippen molar-refractivity contribution >= 4 is 19.8 Å². The van der Waals surface area contributed by atoms with E-state index in [0.717, 1.165) is 148 Å². The van der Waals surface area contributed by atoms with Crippen LogP contribution in [0.3, 0.4) is 0 Å². The molecule has 0 rings (SSSR count). The number of allylic oxidation sites excluding steroid dienone is 30. The lowest BCUT2D eigenvalue weighted by Crippen LogP contribution is -2.37. The Bertz CT molecular complexity index is 2140. The molecular formula is C78H126NO8P. The first-order valence-corrected chi connectivity index (χ1v) is 36.0. The van der Waals surface area contributed by atoms with E-state index in [1.54, 1.807) is 0 Å². The van der Waals surface area contributed by atoms with Crippen LogP contribution in [0.15, 0.2) is 182 Å². The maximum atomic E-state index is 12.9. The van der Waals surface area contributed by atoms with E-state index >= 15 is 0 Å². The number of likely N-dealkylation sites (N-methyl/N-ethyl adjacent to an activating group) is 1. The molecule has 0 radical (unpaired) electrons. The number of phosphoric ester groups is 1. The molecule has 88 heavy (non-hydrogen) atoms. The summed E-state index contributed by atoms with van der Waals surface area (Å²) in [6.45, 7) is 3.98. The molecule has 0 saturated heterocycles. The average molecular weight is 1240 g/mol. The minimum Gasteiger partial charge on any atom is -0.756 e. The molecule has 0 N–H and O–H groups in total. The molecule has 0 aromatic heterocycles. The Morgan fingerprint density at radius 2 is 0.614 bits per heavy atom. The normalized spacial score (nSPS) is 14.3. The van der Waals surface area contributed by atoms with E-state index in [2.05, 4.69) is 196 Å². The largest absolute Gasteiger partial charge is 0.756 e. The summed E-state index contributed by atoms with van der Waals surface area (Å²) in [5, 5.41) is 0. The predicted molar refractivity (Wildman–Crippen MR) is 378 cm³/mol. The van der Waals surface area contributed by atoms with Crippen molar-refractivity contribution in [2.45, 2.75) is 251 Å². The first kappa shape index (κ1) is 83.1. The van der Waals surface area contributed by atoms with Gasteiger partial charge in [-0.25, -0.2) is 0 Å². The molecule has 0 fully saturated rings. The number of rotatable bonds is 61. The second-order valence-corrected chi connectivity index (χ2v) is 24.8. The lowest BCUT2D eigenvalue weighted by Gasteiger charge is -2.28. The monoisotopic (exact) mass is 1240 g/mol. The third kappa shape index (κ3) is 70.2. The predicted octanol–water partition coefficient (Wildman–Crippen LogP) is 22.1. The standard InChI is InChI=1S/C78H126NO8P/c1-6-8-10-12-14-16-18-20-22-24-26-28-30-32-33-34-35-36-37-38-39-40-41-42-43-44-45-47-49-51-53-55-57-59-61-63-65-67-69-71-78(81)87-76(75-86-88(82,83)85-73-72-79(3,4)5)74-84-77(80)70-68-66-64-62-60-58-56-54-52-50-48-46-31-29-27-25-23-21-19-17-15-13-11-9-7-2/h8-11,14-17,20-23,26-29,32-33,35-36,38-39,41-42,44-46,48-49,51,76H,6-7,12-13,18-19,24-25,30-31,34,37,40,43,47,50,52-75H2,1-5H3/b10-8-,11-9-,16-14-,17-15-,22-20-,23-21-,28-26-,29-27-,33-32-,36-35-,39-38-,42-41-,45-44-,48-46-,51-49-. The maximum absolute atomic E-state index is 12.9. The van der Waals surface area contributed by atoms with E-state index in [1.165, 1.54) is 57.8 Å². The Hall–Kier alpha value is -4.89. The third-order valence-corrected chi connectivity index (χ3v) is 14.9. The van der Waals surface area contributed by atoms with Gasteiger partial charge < -0.3 is 27.9 Å². The molecule has 0 heterocycles. The number of esters is 2. The smallest absolute Gasteiger partial charge is 0.306 e. The van der Waals surface area contributed by atoms with Crippen LogP contribution in [0.25, 0.3) is 0 Å². The van der Waals surface area contributed by atoms with Crippen molar-refractivity contribution < 1.29 is 42.1 Å². The molecule has 0 aliphatic heterocycles. The van der Waals surface area contributed by atoms with E-state index in [0.29, 0.717) is 23.9 Å². The highest BCUT2D eigenvalue weighted by atomic mass is 31.2. The van der Waals surface area contributed by atoms with Gasteiger partial charge in [-0.05, 0) is 135 Å². The van der Waals surface area contributed by atoms with Gasteiger partial charge in [0.05, 0.1) is 27.7 Å². The van der Waals surface area contributed by atoms with Crippen LogP contribution >= 0.6 is 7.82 Å². The van der Waals surface area contributed by atoms with Crippen molar-refractivity contribution in [3.8, 4) is 0 Å². The summed E-state index contributed by atoms with van der Waals surface area (Å²) in [7, 11) is 1.13. The Kier molecular flexibility index (Phi) is 62.8. The second kappa shape index (κ2) is 66.5. The lowest BCUT2D eigenvalue weighted by atomic mass is 10.1. The Balaban J connectivity index is 4.16. The molecule has 0 aliphatic rings. The van der Waals surface area contributed by atoms with E-state index < -0.39 is 32.5 Å². The number of quaternary nitrogens is 1. The van der Waals surface area contributed by atoms with Gasteiger partial charge in [-0.15, -0.1) is 0 Å². The molecule has 0 aromatic carbocycles. The number of carbonyl (C=O) groups is 2. The van der Waals surface area contributed by atoms with Crippen LogP contribution in [0.2, 0.25) is 0 Å². The van der Waals surface area contributed by atoms with Crippen molar-refractivity contribution in [3.05, 3.63) is 182 Å². The quantitative estimate of drug-likeness (QED) is 0.0195. The fraction of sp³-hybridized carbons (Fsp3) is 0.590. The number of hydrogen-bond acceptors (Lipinski definition) is 8. The number of unbranched alkanes of at least 4 members (excludes halogenated alkanes) is 17. The SMILES string of the molecule is CC/C=C\C/C=C\C/C=C\C/C=C\C/C=C\C/C=C\C/C=C\C/C=C\C/C=C\C/C=C\CCCCCCCCCCC(=O)OC(COC(=O)CCCCCCCCCCC/C=C\C/C=C\C/C=C\C/C=C\C/C=C\CC)COP(=O)([O-])OCC[N+](C)(C)C. The molecule has 2 atom stereocenters. The van der Waals surface area contributed by atoms with E-state index in [4.69, 9.17) is 18.5 Å². The van der Waals surface area contributed by atoms with Gasteiger partial charge in [0.25, 0.3) is 7.82 Å². The molecule has 2 unspecified atom stereocenters. The molecule has 496 valence electrons. The Morgan fingerprint density at radius 3 is 0.909 bits per heavy atom. The molecule has 0 aliphatic carbocycles. The zero-order valence-corrected chi connectivity index (χ0v) is 57.2. The number of ether oxygens (including phenoxy) is 2. The summed E-state index contributed by atoms with van der Waals surface area (Å²) in [6, 6.07) is 0. The first-order chi connectivity index (χ1) is 43.0. The van der Waals surface area contributed by atoms with Crippen molar-refractivity contribution in [3.63, 3.8) is 0 Å².